The zero-order valence-electron chi connectivity index (χ0n) is 14.3. The fraction of sp³-hybridized carbons (Fsp3) is 1.00. The molecular formula is C15H27O8P. The van der Waals surface area contributed by atoms with Crippen molar-refractivity contribution in [2.75, 3.05) is 20.3 Å². The highest BCUT2D eigenvalue weighted by atomic mass is 31.2. The van der Waals surface area contributed by atoms with E-state index in [1.807, 2.05) is 13.8 Å². The van der Waals surface area contributed by atoms with Crippen LogP contribution < -0.4 is 0 Å². The van der Waals surface area contributed by atoms with E-state index in [2.05, 4.69) is 0 Å². The van der Waals surface area contributed by atoms with E-state index in [1.165, 1.54) is 0 Å². The Balaban J connectivity index is 1.65. The maximum atomic E-state index is 12.9. The Morgan fingerprint density at radius 2 is 1.88 bits per heavy atom. The van der Waals surface area contributed by atoms with Crippen LogP contribution in [0.2, 0.25) is 0 Å². The third-order valence-corrected chi connectivity index (χ3v) is 6.29. The molecule has 9 heteroatoms. The van der Waals surface area contributed by atoms with Gasteiger partial charge in [-0.25, -0.2) is 4.57 Å². The van der Waals surface area contributed by atoms with Gasteiger partial charge in [-0.3, -0.25) is 13.6 Å². The normalized spacial score (nSPS) is 49.6. The van der Waals surface area contributed by atoms with Crippen LogP contribution in [0.5, 0.6) is 0 Å². The summed E-state index contributed by atoms with van der Waals surface area (Å²) in [6.07, 6.45) is 0.0141. The fourth-order valence-corrected chi connectivity index (χ4v) is 5.21. The van der Waals surface area contributed by atoms with Crippen molar-refractivity contribution in [3.05, 3.63) is 0 Å². The molecule has 0 unspecified atom stereocenters. The second-order valence-electron chi connectivity index (χ2n) is 6.68. The average Bonchev–Trinajstić information content (AvgIpc) is 3.08. The minimum atomic E-state index is -3.73. The van der Waals surface area contributed by atoms with Crippen LogP contribution in [0.3, 0.4) is 0 Å². The lowest BCUT2D eigenvalue weighted by molar-refractivity contribution is -0.0981. The van der Waals surface area contributed by atoms with E-state index in [4.69, 9.17) is 27.8 Å². The number of aliphatic hydroxyl groups is 1. The van der Waals surface area contributed by atoms with Crippen molar-refractivity contribution in [2.24, 2.45) is 0 Å². The van der Waals surface area contributed by atoms with Crippen LogP contribution >= 0.6 is 7.82 Å². The van der Waals surface area contributed by atoms with E-state index in [0.29, 0.717) is 12.8 Å². The molecule has 24 heavy (non-hydrogen) atoms. The predicted molar refractivity (Wildman–Crippen MR) is 83.7 cm³/mol. The van der Waals surface area contributed by atoms with Crippen molar-refractivity contribution in [2.45, 2.75) is 75.8 Å². The van der Waals surface area contributed by atoms with Crippen LogP contribution in [0.4, 0.5) is 0 Å². The molecule has 0 radical (unpaired) electrons. The number of rotatable bonds is 5. The molecule has 0 aliphatic carbocycles. The van der Waals surface area contributed by atoms with Crippen molar-refractivity contribution in [1.82, 2.24) is 0 Å². The summed E-state index contributed by atoms with van der Waals surface area (Å²) in [4.78, 5) is 0. The number of methoxy groups -OCH3 is 1. The van der Waals surface area contributed by atoms with Gasteiger partial charge in [-0.1, -0.05) is 0 Å². The summed E-state index contributed by atoms with van der Waals surface area (Å²) in [6.45, 7) is 3.92. The summed E-state index contributed by atoms with van der Waals surface area (Å²) in [7, 11) is -2.10. The first-order valence-corrected chi connectivity index (χ1v) is 9.96. The molecule has 8 nitrogen and oxygen atoms in total. The smallest absolute Gasteiger partial charge is 0.394 e. The molecule has 3 rings (SSSR count). The Morgan fingerprint density at radius 1 is 1.17 bits per heavy atom. The Bertz CT molecular complexity index is 474. The van der Waals surface area contributed by atoms with Gasteiger partial charge in [0.15, 0.2) is 0 Å². The van der Waals surface area contributed by atoms with Crippen LogP contribution in [0.1, 0.15) is 33.1 Å². The summed E-state index contributed by atoms with van der Waals surface area (Å²) in [5.41, 5.74) is 0. The highest BCUT2D eigenvalue weighted by Crippen LogP contribution is 2.57. The quantitative estimate of drug-likeness (QED) is 0.734. The number of hydrogen-bond donors (Lipinski definition) is 1. The fourth-order valence-electron chi connectivity index (χ4n) is 3.60. The predicted octanol–water partition coefficient (Wildman–Crippen LogP) is 1.65. The first-order valence-electron chi connectivity index (χ1n) is 8.50. The Morgan fingerprint density at radius 3 is 2.58 bits per heavy atom. The van der Waals surface area contributed by atoms with Crippen molar-refractivity contribution in [3.8, 4) is 0 Å². The minimum absolute atomic E-state index is 0.0644. The van der Waals surface area contributed by atoms with Crippen molar-refractivity contribution in [1.29, 1.82) is 0 Å². The molecule has 3 heterocycles. The van der Waals surface area contributed by atoms with E-state index < -0.39 is 26.1 Å². The molecule has 8 atom stereocenters. The summed E-state index contributed by atoms with van der Waals surface area (Å²) in [5.74, 6) is 0. The molecule has 0 spiro atoms. The zero-order valence-corrected chi connectivity index (χ0v) is 15.2. The first kappa shape index (κ1) is 18.7. The number of phosphoric ester groups is 1. The molecule has 0 amide bonds. The van der Waals surface area contributed by atoms with E-state index in [-0.39, 0.29) is 37.6 Å². The lowest BCUT2D eigenvalue weighted by Gasteiger charge is -2.34. The van der Waals surface area contributed by atoms with Crippen molar-refractivity contribution < 1.29 is 37.5 Å². The number of ether oxygens (including phenoxy) is 3. The van der Waals surface area contributed by atoms with Gasteiger partial charge in [0, 0.05) is 26.4 Å². The molecule has 1 N–H and O–H groups in total. The highest BCUT2D eigenvalue weighted by molar-refractivity contribution is 7.48. The van der Waals surface area contributed by atoms with Gasteiger partial charge in [-0.15, -0.1) is 0 Å². The van der Waals surface area contributed by atoms with Gasteiger partial charge in [0.2, 0.25) is 0 Å². The van der Waals surface area contributed by atoms with Crippen molar-refractivity contribution in [3.63, 3.8) is 0 Å². The largest absolute Gasteiger partial charge is 0.475 e. The van der Waals surface area contributed by atoms with Crippen molar-refractivity contribution >= 4 is 7.82 Å². The van der Waals surface area contributed by atoms with Gasteiger partial charge in [-0.2, -0.15) is 0 Å². The number of phosphoric acid groups is 1. The summed E-state index contributed by atoms with van der Waals surface area (Å²) in [5, 5.41) is 9.38. The average molecular weight is 366 g/mol. The van der Waals surface area contributed by atoms with Gasteiger partial charge in [0.1, 0.15) is 24.4 Å². The Hall–Kier alpha value is -0.0500. The van der Waals surface area contributed by atoms with Crippen LogP contribution in [0, 0.1) is 0 Å². The third kappa shape index (κ3) is 4.02. The molecule has 3 aliphatic rings. The van der Waals surface area contributed by atoms with E-state index in [1.54, 1.807) is 7.11 Å². The lowest BCUT2D eigenvalue weighted by Crippen LogP contribution is -2.40. The van der Waals surface area contributed by atoms with Gasteiger partial charge in [0.05, 0.1) is 31.5 Å². The van der Waals surface area contributed by atoms with Gasteiger partial charge >= 0.3 is 7.82 Å². The molecule has 3 aliphatic heterocycles. The molecule has 3 fully saturated rings. The van der Waals surface area contributed by atoms with Gasteiger partial charge in [-0.05, 0) is 13.8 Å². The minimum Gasteiger partial charge on any atom is -0.394 e. The molecular weight excluding hydrogens is 339 g/mol. The standard InChI is InChI=1S/C15H27O8P/c1-9-6-12(14(8-16)20-9)23-24(17)19-5-4-11(22-24)15-13(18-3)7-10(2)21-15/h9-16H,4-8H2,1-3H3/t9-,10-,11+,12-,13-,14+,15+,24+/m0/s1. The van der Waals surface area contributed by atoms with E-state index in [0.717, 1.165) is 6.42 Å². The third-order valence-electron chi connectivity index (χ3n) is 4.74. The maximum Gasteiger partial charge on any atom is 0.475 e. The van der Waals surface area contributed by atoms with E-state index in [9.17, 15) is 9.67 Å². The maximum absolute atomic E-state index is 12.9. The molecule has 0 aromatic rings. The Labute approximate surface area is 142 Å². The van der Waals surface area contributed by atoms with Gasteiger partial charge < -0.3 is 19.3 Å². The van der Waals surface area contributed by atoms with Crippen LogP contribution in [0.15, 0.2) is 0 Å². The number of aliphatic hydroxyl groups excluding tert-OH is 1. The zero-order chi connectivity index (χ0) is 17.3. The summed E-state index contributed by atoms with van der Waals surface area (Å²) >= 11 is 0. The summed E-state index contributed by atoms with van der Waals surface area (Å²) in [6, 6.07) is 0. The second-order valence-corrected chi connectivity index (χ2v) is 8.26. The lowest BCUT2D eigenvalue weighted by atomic mass is 10.0. The van der Waals surface area contributed by atoms with E-state index >= 15 is 0 Å². The SMILES string of the molecule is CO[C@H]1C[C@H](C)O[C@@H]1[C@H]1CCO[P@@](=O)(O[C@H]2C[C@H](C)O[C@@H]2CO)O1. The van der Waals surface area contributed by atoms with Crippen LogP contribution in [-0.2, 0) is 32.3 Å². The second kappa shape index (κ2) is 7.68. The highest BCUT2D eigenvalue weighted by Gasteiger charge is 2.48. The molecule has 3 saturated heterocycles. The Kier molecular flexibility index (Phi) is 5.99. The number of hydrogen-bond acceptors (Lipinski definition) is 8. The molecule has 140 valence electrons. The van der Waals surface area contributed by atoms with Crippen LogP contribution in [0.25, 0.3) is 0 Å². The monoisotopic (exact) mass is 366 g/mol. The molecule has 0 saturated carbocycles. The molecule has 0 aromatic heterocycles. The molecule has 0 aromatic carbocycles. The topological polar surface area (TPSA) is 92.7 Å². The van der Waals surface area contributed by atoms with Crippen LogP contribution in [-0.4, -0.2) is 68.2 Å². The summed E-state index contributed by atoms with van der Waals surface area (Å²) < 4.78 is 46.4. The molecule has 0 bridgehead atoms. The first-order chi connectivity index (χ1) is 11.4. The van der Waals surface area contributed by atoms with Gasteiger partial charge in [0.25, 0.3) is 0 Å².